The van der Waals surface area contributed by atoms with Crippen LogP contribution in [0.25, 0.3) is 0 Å². The molecule has 2 N–H and O–H groups in total. The quantitative estimate of drug-likeness (QED) is 0.544. The molecular weight excluding hydrogens is 116 g/mol. The molecule has 0 heterocycles. The Morgan fingerprint density at radius 1 is 1.22 bits per heavy atom. The van der Waals surface area contributed by atoms with Gasteiger partial charge < -0.3 is 10.2 Å². The highest BCUT2D eigenvalue weighted by Crippen LogP contribution is 2.17. The second-order valence-corrected chi connectivity index (χ2v) is 1.93. The van der Waals surface area contributed by atoms with E-state index < -0.39 is 0 Å². The van der Waals surface area contributed by atoms with E-state index in [1.54, 1.807) is 6.92 Å². The fraction of sp³-hybridized carbons (Fsp3) is 0.143. The zero-order valence-corrected chi connectivity index (χ0v) is 5.05. The molecule has 1 aromatic carbocycles. The number of hydrogen-bond donors (Lipinski definition) is 2. The Bertz CT molecular complexity index is 168. The lowest BCUT2D eigenvalue weighted by molar-refractivity contribution is 0.448. The molecule has 0 bridgehead atoms. The van der Waals surface area contributed by atoms with Crippen molar-refractivity contribution in [1.82, 2.24) is 0 Å². The molecule has 47 valence electrons. The standard InChI is InChI=1S/C7H7O2/c1-5-2-6(8)4-7(9)3-5/h2-3,8-9H,1H3. The van der Waals surface area contributed by atoms with E-state index in [0.717, 1.165) is 5.56 Å². The zero-order valence-electron chi connectivity index (χ0n) is 5.05. The Hall–Kier alpha value is -1.18. The first-order valence-corrected chi connectivity index (χ1v) is 2.60. The van der Waals surface area contributed by atoms with Crippen LogP contribution in [-0.2, 0) is 0 Å². The molecule has 1 rings (SSSR count). The van der Waals surface area contributed by atoms with Gasteiger partial charge in [0.25, 0.3) is 0 Å². The SMILES string of the molecule is Cc1cc(O)[c]c(O)c1. The molecule has 0 aliphatic rings. The van der Waals surface area contributed by atoms with Crippen LogP contribution in [0, 0.1) is 13.0 Å². The number of aryl methyl sites for hydroxylation is 1. The van der Waals surface area contributed by atoms with Crippen molar-refractivity contribution in [1.29, 1.82) is 0 Å². The van der Waals surface area contributed by atoms with Crippen LogP contribution in [0.1, 0.15) is 5.56 Å². The fourth-order valence-electron chi connectivity index (χ4n) is 0.676. The molecule has 0 unspecified atom stereocenters. The summed E-state index contributed by atoms with van der Waals surface area (Å²) in [6.45, 7) is 1.78. The van der Waals surface area contributed by atoms with E-state index in [4.69, 9.17) is 10.2 Å². The van der Waals surface area contributed by atoms with Crippen LogP contribution < -0.4 is 0 Å². The van der Waals surface area contributed by atoms with Crippen molar-refractivity contribution >= 4 is 0 Å². The largest absolute Gasteiger partial charge is 0.507 e. The maximum absolute atomic E-state index is 8.78. The molecule has 2 heteroatoms. The zero-order chi connectivity index (χ0) is 6.85. The summed E-state index contributed by atoms with van der Waals surface area (Å²) in [5.41, 5.74) is 0.823. The fourth-order valence-corrected chi connectivity index (χ4v) is 0.676. The summed E-state index contributed by atoms with van der Waals surface area (Å²) < 4.78 is 0. The molecule has 0 fully saturated rings. The molecular formula is C7H7O2. The molecule has 0 atom stereocenters. The highest BCUT2D eigenvalue weighted by atomic mass is 16.3. The van der Waals surface area contributed by atoms with Gasteiger partial charge in [0.2, 0.25) is 0 Å². The van der Waals surface area contributed by atoms with Gasteiger partial charge in [-0.25, -0.2) is 0 Å². The normalized spacial score (nSPS) is 9.44. The smallest absolute Gasteiger partial charge is 0.127 e. The average molecular weight is 123 g/mol. The molecule has 0 spiro atoms. The van der Waals surface area contributed by atoms with Gasteiger partial charge >= 0.3 is 0 Å². The highest BCUT2D eigenvalue weighted by Gasteiger charge is 1.92. The van der Waals surface area contributed by atoms with Gasteiger partial charge in [0.15, 0.2) is 0 Å². The third-order valence-electron chi connectivity index (χ3n) is 0.985. The Morgan fingerprint density at radius 3 is 2.00 bits per heavy atom. The number of benzene rings is 1. The molecule has 1 aromatic rings. The lowest BCUT2D eigenvalue weighted by Crippen LogP contribution is -1.71. The van der Waals surface area contributed by atoms with E-state index in [0.29, 0.717) is 0 Å². The highest BCUT2D eigenvalue weighted by molar-refractivity contribution is 5.34. The molecule has 0 saturated heterocycles. The van der Waals surface area contributed by atoms with Gasteiger partial charge in [-0.05, 0) is 24.6 Å². The maximum Gasteiger partial charge on any atom is 0.127 e. The van der Waals surface area contributed by atoms with E-state index in [9.17, 15) is 0 Å². The molecule has 0 aromatic heterocycles. The van der Waals surface area contributed by atoms with Crippen LogP contribution in [0.15, 0.2) is 12.1 Å². The minimum absolute atomic E-state index is 0.0208. The third kappa shape index (κ3) is 1.35. The third-order valence-corrected chi connectivity index (χ3v) is 0.985. The molecule has 0 aliphatic heterocycles. The predicted molar refractivity (Wildman–Crippen MR) is 33.3 cm³/mol. The molecule has 2 nitrogen and oxygen atoms in total. The molecule has 0 saturated carbocycles. The van der Waals surface area contributed by atoms with Gasteiger partial charge in [-0.15, -0.1) is 0 Å². The van der Waals surface area contributed by atoms with E-state index >= 15 is 0 Å². The van der Waals surface area contributed by atoms with Gasteiger partial charge in [0.05, 0.1) is 6.07 Å². The van der Waals surface area contributed by atoms with Crippen molar-refractivity contribution in [3.8, 4) is 11.5 Å². The summed E-state index contributed by atoms with van der Waals surface area (Å²) in [7, 11) is 0. The summed E-state index contributed by atoms with van der Waals surface area (Å²) in [6, 6.07) is 5.38. The van der Waals surface area contributed by atoms with E-state index in [2.05, 4.69) is 6.07 Å². The first-order valence-electron chi connectivity index (χ1n) is 2.60. The topological polar surface area (TPSA) is 40.5 Å². The second-order valence-electron chi connectivity index (χ2n) is 1.93. The first kappa shape index (κ1) is 5.95. The monoisotopic (exact) mass is 123 g/mol. The van der Waals surface area contributed by atoms with Crippen LogP contribution in [0.2, 0.25) is 0 Å². The predicted octanol–water partition coefficient (Wildman–Crippen LogP) is 1.21. The minimum atomic E-state index is -0.0208. The average Bonchev–Trinajstić information content (AvgIpc) is 1.59. The first-order chi connectivity index (χ1) is 4.18. The molecule has 9 heavy (non-hydrogen) atoms. The maximum atomic E-state index is 8.78. The van der Waals surface area contributed by atoms with Crippen LogP contribution in [0.5, 0.6) is 11.5 Å². The number of phenols is 2. The van der Waals surface area contributed by atoms with Gasteiger partial charge in [-0.2, -0.15) is 0 Å². The minimum Gasteiger partial charge on any atom is -0.507 e. The van der Waals surface area contributed by atoms with Gasteiger partial charge in [-0.3, -0.25) is 0 Å². The second kappa shape index (κ2) is 1.97. The van der Waals surface area contributed by atoms with Crippen LogP contribution in [0.4, 0.5) is 0 Å². The van der Waals surface area contributed by atoms with Gasteiger partial charge in [0, 0.05) is 0 Å². The van der Waals surface area contributed by atoms with E-state index in [1.807, 2.05) is 0 Å². The van der Waals surface area contributed by atoms with Crippen molar-refractivity contribution in [2.45, 2.75) is 6.92 Å². The van der Waals surface area contributed by atoms with Crippen LogP contribution in [-0.4, -0.2) is 10.2 Å². The number of hydrogen-bond acceptors (Lipinski definition) is 2. The number of phenolic OH excluding ortho intramolecular Hbond substituents is 2. The van der Waals surface area contributed by atoms with Crippen LogP contribution >= 0.6 is 0 Å². The molecule has 0 amide bonds. The Balaban J connectivity index is 3.17. The van der Waals surface area contributed by atoms with Crippen molar-refractivity contribution in [3.05, 3.63) is 23.8 Å². The Labute approximate surface area is 53.4 Å². The van der Waals surface area contributed by atoms with E-state index in [-0.39, 0.29) is 11.5 Å². The molecule has 0 aliphatic carbocycles. The van der Waals surface area contributed by atoms with Crippen molar-refractivity contribution in [3.63, 3.8) is 0 Å². The lowest BCUT2D eigenvalue weighted by atomic mass is 10.2. The van der Waals surface area contributed by atoms with E-state index in [1.165, 1.54) is 12.1 Å². The lowest BCUT2D eigenvalue weighted by Gasteiger charge is -1.94. The van der Waals surface area contributed by atoms with Crippen molar-refractivity contribution < 1.29 is 10.2 Å². The summed E-state index contributed by atoms with van der Waals surface area (Å²) in [4.78, 5) is 0. The Kier molecular flexibility index (Phi) is 1.30. The Morgan fingerprint density at radius 2 is 1.67 bits per heavy atom. The van der Waals surface area contributed by atoms with Crippen molar-refractivity contribution in [2.24, 2.45) is 0 Å². The summed E-state index contributed by atoms with van der Waals surface area (Å²) in [6.07, 6.45) is 0. The van der Waals surface area contributed by atoms with Gasteiger partial charge in [0.1, 0.15) is 11.5 Å². The summed E-state index contributed by atoms with van der Waals surface area (Å²) in [5.74, 6) is -0.0417. The summed E-state index contributed by atoms with van der Waals surface area (Å²) in [5, 5.41) is 17.6. The van der Waals surface area contributed by atoms with Gasteiger partial charge in [-0.1, -0.05) is 0 Å². The van der Waals surface area contributed by atoms with Crippen LogP contribution in [0.3, 0.4) is 0 Å². The molecule has 1 radical (unpaired) electrons. The summed E-state index contributed by atoms with van der Waals surface area (Å²) >= 11 is 0. The number of rotatable bonds is 0. The number of aromatic hydroxyl groups is 2. The van der Waals surface area contributed by atoms with Crippen molar-refractivity contribution in [2.75, 3.05) is 0 Å².